The molecule has 0 saturated heterocycles. The number of nitrogens with zero attached hydrogens (tertiary/aromatic N) is 4. The molecule has 0 spiro atoms. The zero-order valence-corrected chi connectivity index (χ0v) is 34.0. The highest BCUT2D eigenvalue weighted by molar-refractivity contribution is 14.1. The molecular weight excluding hydrogens is 839 g/mol. The van der Waals surface area contributed by atoms with Crippen molar-refractivity contribution in [3.05, 3.63) is 219 Å². The minimum Gasteiger partial charge on any atom is -0.267 e. The number of hydrogen-bond acceptors (Lipinski definition) is 2. The van der Waals surface area contributed by atoms with Crippen LogP contribution in [0.5, 0.6) is 0 Å². The highest BCUT2D eigenvalue weighted by Crippen LogP contribution is 2.28. The van der Waals surface area contributed by atoms with Crippen molar-refractivity contribution in [1.29, 1.82) is 0 Å². The Bertz CT molecular complexity index is 2550. The maximum absolute atomic E-state index is 4.68. The molecule has 8 rings (SSSR count). The van der Waals surface area contributed by atoms with Crippen LogP contribution in [0.2, 0.25) is 0 Å². The Hall–Kier alpha value is -5.57. The summed E-state index contributed by atoms with van der Waals surface area (Å²) in [6.45, 7) is 8.48. The van der Waals surface area contributed by atoms with Gasteiger partial charge in [0, 0.05) is 24.9 Å². The first kappa shape index (κ1) is 38.2. The number of aryl methyl sites for hydroxylation is 2. The Kier molecular flexibility index (Phi) is 13.0. The summed E-state index contributed by atoms with van der Waals surface area (Å²) in [6.07, 6.45) is 6.17. The summed E-state index contributed by atoms with van der Waals surface area (Å²) in [5, 5.41) is 11.4. The number of fused-ring (bicyclic) bond motifs is 2. The molecule has 2 heterocycles. The van der Waals surface area contributed by atoms with Gasteiger partial charge in [0.05, 0.1) is 16.7 Å². The molecule has 0 radical (unpaired) electrons. The third-order valence-corrected chi connectivity index (χ3v) is 9.98. The van der Waals surface area contributed by atoms with E-state index in [1.165, 1.54) is 16.5 Å². The van der Waals surface area contributed by atoms with Gasteiger partial charge in [-0.3, -0.25) is 9.36 Å². The molecule has 0 saturated carbocycles. The molecule has 0 bridgehead atoms. The van der Waals surface area contributed by atoms with E-state index in [9.17, 15) is 0 Å². The second-order valence-corrected chi connectivity index (χ2v) is 14.1. The second kappa shape index (κ2) is 18.5. The molecule has 0 unspecified atom stereocenters. The van der Waals surface area contributed by atoms with Crippen LogP contribution in [0, 0.1) is 3.70 Å². The topological polar surface area (TPSA) is 35.6 Å². The molecule has 2 aromatic heterocycles. The molecule has 0 fully saturated rings. The van der Waals surface area contributed by atoms with Gasteiger partial charge in [-0.1, -0.05) is 169 Å². The van der Waals surface area contributed by atoms with Crippen LogP contribution in [0.15, 0.2) is 176 Å². The van der Waals surface area contributed by atoms with E-state index in [2.05, 4.69) is 159 Å². The van der Waals surface area contributed by atoms with Crippen molar-refractivity contribution in [3.63, 3.8) is 0 Å². The van der Waals surface area contributed by atoms with Crippen molar-refractivity contribution < 1.29 is 0 Å². The van der Waals surface area contributed by atoms with Crippen LogP contribution in [0.4, 0.5) is 0 Å². The van der Waals surface area contributed by atoms with Crippen LogP contribution in [0.1, 0.15) is 39.1 Å². The molecule has 6 heteroatoms. The van der Waals surface area contributed by atoms with E-state index in [0.29, 0.717) is 0 Å². The van der Waals surface area contributed by atoms with Crippen LogP contribution >= 0.6 is 38.5 Å². The number of aromatic nitrogens is 4. The van der Waals surface area contributed by atoms with Crippen molar-refractivity contribution in [2.45, 2.75) is 0 Å². The molecule has 0 aliphatic carbocycles. The van der Waals surface area contributed by atoms with Gasteiger partial charge in [0.25, 0.3) is 0 Å². The lowest BCUT2D eigenvalue weighted by atomic mass is 9.98. The van der Waals surface area contributed by atoms with E-state index in [1.807, 2.05) is 107 Å². The highest BCUT2D eigenvalue weighted by atomic mass is 127. The predicted molar refractivity (Wildman–Crippen MR) is 243 cm³/mol. The third-order valence-electron chi connectivity index (χ3n) is 8.92. The fourth-order valence-corrected chi connectivity index (χ4v) is 7.07. The first-order valence-corrected chi connectivity index (χ1v) is 19.4. The van der Waals surface area contributed by atoms with Crippen LogP contribution < -0.4 is 0 Å². The monoisotopic (exact) mass is 878 g/mol. The Balaban J connectivity index is 0.000000155. The summed E-state index contributed by atoms with van der Waals surface area (Å²) >= 11 is 5.47. The molecule has 54 heavy (non-hydrogen) atoms. The molecule has 0 atom stereocenters. The van der Waals surface area contributed by atoms with E-state index < -0.39 is 0 Å². The molecule has 0 N–H and O–H groups in total. The van der Waals surface area contributed by atoms with E-state index >= 15 is 0 Å². The van der Waals surface area contributed by atoms with Gasteiger partial charge in [0.2, 0.25) is 0 Å². The van der Waals surface area contributed by atoms with Crippen LogP contribution in [-0.4, -0.2) is 19.6 Å². The van der Waals surface area contributed by atoms with Crippen molar-refractivity contribution in [3.8, 4) is 0 Å². The number of halogens is 2. The summed E-state index contributed by atoms with van der Waals surface area (Å²) in [4.78, 5) is 1.85. The number of rotatable bonds is 7. The molecule has 266 valence electrons. The summed E-state index contributed by atoms with van der Waals surface area (Å²) in [5.74, 6) is 0. The fraction of sp³-hybridized carbons (Fsp3) is 0.0417. The summed E-state index contributed by atoms with van der Waals surface area (Å²) in [7, 11) is 3.96. The van der Waals surface area contributed by atoms with E-state index in [4.69, 9.17) is 0 Å². The van der Waals surface area contributed by atoms with Crippen LogP contribution in [0.3, 0.4) is 0 Å². The fourth-order valence-electron chi connectivity index (χ4n) is 5.99. The average Bonchev–Trinajstić information content (AvgIpc) is 3.70. The molecular formula is C48H40BrIN4. The van der Waals surface area contributed by atoms with E-state index in [1.54, 1.807) is 0 Å². The lowest BCUT2D eigenvalue weighted by Crippen LogP contribution is -1.91. The summed E-state index contributed by atoms with van der Waals surface area (Å²) in [6, 6.07) is 53.7. The minimum absolute atomic E-state index is 0.975. The van der Waals surface area contributed by atoms with E-state index in [0.717, 1.165) is 59.2 Å². The Morgan fingerprint density at radius 3 is 1.44 bits per heavy atom. The van der Waals surface area contributed by atoms with Gasteiger partial charge in [-0.05, 0) is 109 Å². The van der Waals surface area contributed by atoms with E-state index in [-0.39, 0.29) is 0 Å². The first-order valence-electron chi connectivity index (χ1n) is 17.5. The molecule has 0 amide bonds. The molecule has 4 nitrogen and oxygen atoms in total. The average molecular weight is 880 g/mol. The molecule has 0 aliphatic heterocycles. The highest BCUT2D eigenvalue weighted by Gasteiger charge is 2.11. The van der Waals surface area contributed by atoms with Gasteiger partial charge in [0.15, 0.2) is 0 Å². The van der Waals surface area contributed by atoms with Gasteiger partial charge in [-0.15, -0.1) is 0 Å². The zero-order chi connectivity index (χ0) is 37.9. The van der Waals surface area contributed by atoms with Gasteiger partial charge in [0.1, 0.15) is 3.70 Å². The maximum atomic E-state index is 4.68. The van der Waals surface area contributed by atoms with Crippen molar-refractivity contribution in [2.75, 3.05) is 0 Å². The first-order chi connectivity index (χ1) is 26.3. The SMILES string of the molecule is Br/C=C/c1ccccc1.C=C(c1ccccc1)c1ccc2c(/C=C/c3ccccc3)nn(C)c2c1.C=C(c1ccccc1)c1ccc2c(I)nn(C)c2c1. The van der Waals surface area contributed by atoms with Crippen LogP contribution in [0.25, 0.3) is 51.2 Å². The maximum Gasteiger partial charge on any atom is 0.131 e. The van der Waals surface area contributed by atoms with Crippen molar-refractivity contribution >= 4 is 89.7 Å². The minimum atomic E-state index is 0.975. The molecule has 6 aromatic carbocycles. The Morgan fingerprint density at radius 1 is 0.519 bits per heavy atom. The van der Waals surface area contributed by atoms with Gasteiger partial charge in [-0.25, -0.2) is 0 Å². The van der Waals surface area contributed by atoms with Crippen molar-refractivity contribution in [1.82, 2.24) is 19.6 Å². The summed E-state index contributed by atoms with van der Waals surface area (Å²) < 4.78 is 4.88. The van der Waals surface area contributed by atoms with Gasteiger partial charge >= 0.3 is 0 Å². The zero-order valence-electron chi connectivity index (χ0n) is 30.3. The quantitative estimate of drug-likeness (QED) is 0.150. The Labute approximate surface area is 339 Å². The van der Waals surface area contributed by atoms with Gasteiger partial charge in [-0.2, -0.15) is 10.2 Å². The normalized spacial score (nSPS) is 11.0. The molecule has 0 aliphatic rings. The second-order valence-electron chi connectivity index (χ2n) is 12.5. The van der Waals surface area contributed by atoms with Crippen molar-refractivity contribution in [2.24, 2.45) is 14.1 Å². The number of benzene rings is 6. The van der Waals surface area contributed by atoms with Crippen LogP contribution in [-0.2, 0) is 14.1 Å². The summed E-state index contributed by atoms with van der Waals surface area (Å²) in [5.41, 5.74) is 12.2. The lowest BCUT2D eigenvalue weighted by Gasteiger charge is -2.07. The molecule has 8 aromatic rings. The predicted octanol–water partition coefficient (Wildman–Crippen LogP) is 13.1. The smallest absolute Gasteiger partial charge is 0.131 e. The third kappa shape index (κ3) is 9.50. The van der Waals surface area contributed by atoms with Gasteiger partial charge < -0.3 is 0 Å². The number of hydrogen-bond donors (Lipinski definition) is 0. The standard InChI is InChI=1S/C24H20N2.C16H13IN2.C8H7Br/c1-18(20-11-7-4-8-12-20)21-14-15-22-23(25-26(2)24(22)17-21)16-13-19-9-5-3-6-10-19;1-11(12-6-4-3-5-7-12)13-8-9-14-15(10-13)19(2)18-16(14)17;9-7-6-8-4-2-1-3-5-8/h3-17H,1H2,2H3;3-10H,1H2,2H3;1-7H/b16-13+;;7-6+. The Morgan fingerprint density at radius 2 is 0.944 bits per heavy atom. The largest absolute Gasteiger partial charge is 0.267 e. The lowest BCUT2D eigenvalue weighted by molar-refractivity contribution is 0.787.